The van der Waals surface area contributed by atoms with E-state index in [1.165, 1.54) is 5.56 Å². The van der Waals surface area contributed by atoms with Crippen LogP contribution in [0.1, 0.15) is 11.6 Å². The number of hydrogen-bond acceptors (Lipinski definition) is 2. The van der Waals surface area contributed by atoms with Crippen molar-refractivity contribution in [3.05, 3.63) is 70.6 Å². The smallest absolute Gasteiger partial charge is 0.319 e. The summed E-state index contributed by atoms with van der Waals surface area (Å²) in [6, 6.07) is 12.8. The first kappa shape index (κ1) is 16.0. The Balaban J connectivity index is 1.47. The molecule has 1 aromatic heterocycles. The van der Waals surface area contributed by atoms with Gasteiger partial charge in [-0.05, 0) is 23.8 Å². The molecule has 1 aliphatic rings. The zero-order chi connectivity index (χ0) is 17.4. The lowest BCUT2D eigenvalue weighted by Crippen LogP contribution is -2.33. The molecule has 0 radical (unpaired) electrons. The summed E-state index contributed by atoms with van der Waals surface area (Å²) in [5, 5.41) is 6.55. The molecule has 0 saturated heterocycles. The normalized spacial score (nSPS) is 14.7. The highest BCUT2D eigenvalue weighted by atomic mass is 35.5. The summed E-state index contributed by atoms with van der Waals surface area (Å²) in [5.74, 6) is 0. The number of rotatable bonds is 3. The van der Waals surface area contributed by atoms with Crippen LogP contribution in [-0.2, 0) is 0 Å². The number of anilines is 1. The molecule has 0 fully saturated rings. The minimum atomic E-state index is -0.324. The quantitative estimate of drug-likeness (QED) is 0.706. The molecule has 3 aromatic rings. The van der Waals surface area contributed by atoms with E-state index >= 15 is 0 Å². The van der Waals surface area contributed by atoms with Crippen LogP contribution < -0.4 is 10.6 Å². The van der Waals surface area contributed by atoms with Crippen molar-refractivity contribution in [1.29, 1.82) is 0 Å². The number of nitrogens with zero attached hydrogens (tertiary/aromatic N) is 2. The van der Waals surface area contributed by atoms with E-state index in [0.29, 0.717) is 22.3 Å². The maximum absolute atomic E-state index is 12.2. The minimum Gasteiger partial charge on any atom is -0.335 e. The number of amides is 2. The summed E-state index contributed by atoms with van der Waals surface area (Å²) in [7, 11) is 0. The van der Waals surface area contributed by atoms with Crippen LogP contribution in [0.4, 0.5) is 10.5 Å². The van der Waals surface area contributed by atoms with Crippen molar-refractivity contribution < 1.29 is 4.79 Å². The molecule has 2 amide bonds. The largest absolute Gasteiger partial charge is 0.335 e. The molecule has 126 valence electrons. The lowest BCUT2D eigenvalue weighted by molar-refractivity contribution is 0.251. The van der Waals surface area contributed by atoms with Gasteiger partial charge in [0.05, 0.1) is 35.0 Å². The molecule has 0 saturated carbocycles. The van der Waals surface area contributed by atoms with Crippen LogP contribution in [0.15, 0.2) is 55.0 Å². The number of fused-ring (bicyclic) bond motifs is 3. The molecule has 4 rings (SSSR count). The average Bonchev–Trinajstić information content (AvgIpc) is 3.17. The van der Waals surface area contributed by atoms with Crippen LogP contribution in [0.25, 0.3) is 11.3 Å². The third-order valence-corrected chi connectivity index (χ3v) is 4.78. The molecule has 25 heavy (non-hydrogen) atoms. The highest BCUT2D eigenvalue weighted by Crippen LogP contribution is 2.38. The number of benzene rings is 2. The van der Waals surface area contributed by atoms with E-state index in [9.17, 15) is 4.79 Å². The van der Waals surface area contributed by atoms with Crippen molar-refractivity contribution in [2.45, 2.75) is 6.04 Å². The standard InChI is InChI=1S/C18H14Cl2N4O/c19-11-5-6-15(14(20)7-11)23-18(25)22-9-17-13-4-2-1-3-12(13)16-8-21-10-24(16)17/h1-8,10,17H,9H2,(H2,22,23,25). The van der Waals surface area contributed by atoms with Gasteiger partial charge in [0.1, 0.15) is 0 Å². The van der Waals surface area contributed by atoms with Gasteiger partial charge in [-0.25, -0.2) is 9.78 Å². The predicted molar refractivity (Wildman–Crippen MR) is 99.3 cm³/mol. The average molecular weight is 373 g/mol. The van der Waals surface area contributed by atoms with Crippen LogP contribution in [0.3, 0.4) is 0 Å². The van der Waals surface area contributed by atoms with Gasteiger partial charge >= 0.3 is 6.03 Å². The second-order valence-corrected chi connectivity index (χ2v) is 6.59. The summed E-state index contributed by atoms with van der Waals surface area (Å²) >= 11 is 11.9. The Bertz CT molecular complexity index is 954. The van der Waals surface area contributed by atoms with Gasteiger partial charge in [-0.3, -0.25) is 0 Å². The molecule has 1 unspecified atom stereocenters. The number of halogens is 2. The fourth-order valence-corrected chi connectivity index (χ4v) is 3.54. The second-order valence-electron chi connectivity index (χ2n) is 5.75. The summed E-state index contributed by atoms with van der Waals surface area (Å²) in [6.45, 7) is 0.442. The molecule has 0 aliphatic carbocycles. The van der Waals surface area contributed by atoms with Gasteiger partial charge in [0.2, 0.25) is 0 Å². The van der Waals surface area contributed by atoms with Crippen molar-refractivity contribution in [3.63, 3.8) is 0 Å². The second kappa shape index (κ2) is 6.43. The molecule has 0 spiro atoms. The summed E-state index contributed by atoms with van der Waals surface area (Å²) in [5.41, 5.74) is 3.89. The first-order valence-corrected chi connectivity index (χ1v) is 8.50. The van der Waals surface area contributed by atoms with Gasteiger partial charge < -0.3 is 15.2 Å². The van der Waals surface area contributed by atoms with E-state index in [0.717, 1.165) is 11.3 Å². The molecule has 0 bridgehead atoms. The Morgan fingerprint density at radius 3 is 2.88 bits per heavy atom. The van der Waals surface area contributed by atoms with Crippen LogP contribution in [0, 0.1) is 0 Å². The molecule has 2 heterocycles. The predicted octanol–water partition coefficient (Wildman–Crippen LogP) is 4.58. The topological polar surface area (TPSA) is 59.0 Å². The highest BCUT2D eigenvalue weighted by Gasteiger charge is 2.28. The van der Waals surface area contributed by atoms with Crippen molar-refractivity contribution in [2.24, 2.45) is 0 Å². The maximum Gasteiger partial charge on any atom is 0.319 e. The van der Waals surface area contributed by atoms with Gasteiger partial charge in [0.25, 0.3) is 0 Å². The van der Waals surface area contributed by atoms with Crippen LogP contribution >= 0.6 is 23.2 Å². The van der Waals surface area contributed by atoms with Gasteiger partial charge in [-0.15, -0.1) is 0 Å². The van der Waals surface area contributed by atoms with Gasteiger partial charge in [0.15, 0.2) is 0 Å². The van der Waals surface area contributed by atoms with E-state index in [-0.39, 0.29) is 12.1 Å². The Hall–Kier alpha value is -2.50. The van der Waals surface area contributed by atoms with E-state index in [1.54, 1.807) is 24.5 Å². The SMILES string of the molecule is O=C(NCC1c2ccccc2-c2cncn21)Nc1ccc(Cl)cc1Cl. The van der Waals surface area contributed by atoms with Crippen molar-refractivity contribution >= 4 is 34.9 Å². The number of urea groups is 1. The number of aromatic nitrogens is 2. The summed E-state index contributed by atoms with van der Waals surface area (Å²) < 4.78 is 2.07. The van der Waals surface area contributed by atoms with Gasteiger partial charge in [-0.1, -0.05) is 47.5 Å². The summed E-state index contributed by atoms with van der Waals surface area (Å²) in [4.78, 5) is 16.4. The van der Waals surface area contributed by atoms with E-state index in [2.05, 4.69) is 32.3 Å². The number of carbonyl (C=O) groups excluding carboxylic acids is 1. The maximum atomic E-state index is 12.2. The van der Waals surface area contributed by atoms with E-state index in [1.807, 2.05) is 18.3 Å². The lowest BCUT2D eigenvalue weighted by atomic mass is 10.0. The first-order chi connectivity index (χ1) is 12.1. The number of carbonyl (C=O) groups is 1. The summed E-state index contributed by atoms with van der Waals surface area (Å²) in [6.07, 6.45) is 3.63. The van der Waals surface area contributed by atoms with Crippen LogP contribution in [-0.4, -0.2) is 22.1 Å². The molecule has 1 aliphatic heterocycles. The Labute approximate surface area is 154 Å². The number of imidazole rings is 1. The number of hydrogen-bond donors (Lipinski definition) is 2. The van der Waals surface area contributed by atoms with Crippen molar-refractivity contribution in [1.82, 2.24) is 14.9 Å². The molecule has 5 nitrogen and oxygen atoms in total. The van der Waals surface area contributed by atoms with E-state index in [4.69, 9.17) is 23.2 Å². The minimum absolute atomic E-state index is 0.0140. The van der Waals surface area contributed by atoms with Crippen molar-refractivity contribution in [3.8, 4) is 11.3 Å². The zero-order valence-corrected chi connectivity index (χ0v) is 14.6. The molecular formula is C18H14Cl2N4O. The molecule has 2 aromatic carbocycles. The molecule has 1 atom stereocenters. The van der Waals surface area contributed by atoms with Crippen molar-refractivity contribution in [2.75, 3.05) is 11.9 Å². The van der Waals surface area contributed by atoms with Crippen LogP contribution in [0.2, 0.25) is 10.0 Å². The number of nitrogens with one attached hydrogen (secondary N) is 2. The highest BCUT2D eigenvalue weighted by molar-refractivity contribution is 6.36. The Morgan fingerprint density at radius 1 is 1.20 bits per heavy atom. The fraction of sp³-hybridized carbons (Fsp3) is 0.111. The fourth-order valence-electron chi connectivity index (χ4n) is 3.09. The van der Waals surface area contributed by atoms with E-state index < -0.39 is 0 Å². The lowest BCUT2D eigenvalue weighted by Gasteiger charge is -2.16. The zero-order valence-electron chi connectivity index (χ0n) is 13.0. The van der Waals surface area contributed by atoms with Crippen LogP contribution in [0.5, 0.6) is 0 Å². The monoisotopic (exact) mass is 372 g/mol. The van der Waals surface area contributed by atoms with Gasteiger partial charge in [-0.2, -0.15) is 0 Å². The molecule has 2 N–H and O–H groups in total. The third-order valence-electron chi connectivity index (χ3n) is 4.23. The van der Waals surface area contributed by atoms with Gasteiger partial charge in [0, 0.05) is 17.1 Å². The first-order valence-electron chi connectivity index (χ1n) is 7.74. The Morgan fingerprint density at radius 2 is 2.04 bits per heavy atom. The molecule has 7 heteroatoms. The Kier molecular flexibility index (Phi) is 4.11. The third kappa shape index (κ3) is 2.97. The molecular weight excluding hydrogens is 359 g/mol.